The molecule has 3 aromatic rings. The maximum atomic E-state index is 12.0. The Balaban J connectivity index is 1.72. The zero-order valence-electron chi connectivity index (χ0n) is 14.7. The minimum absolute atomic E-state index is 0.138. The van der Waals surface area contributed by atoms with E-state index >= 15 is 0 Å². The average Bonchev–Trinajstić information content (AvgIpc) is 3.10. The van der Waals surface area contributed by atoms with Gasteiger partial charge in [0.15, 0.2) is 5.82 Å². The van der Waals surface area contributed by atoms with Gasteiger partial charge in [-0.2, -0.15) is 5.10 Å². The first-order valence-electron chi connectivity index (χ1n) is 8.39. The van der Waals surface area contributed by atoms with Crippen molar-refractivity contribution >= 4 is 49.4 Å². The molecule has 0 aliphatic carbocycles. The molecule has 1 aliphatic heterocycles. The van der Waals surface area contributed by atoms with Crippen LogP contribution in [0.25, 0.3) is 22.8 Å². The predicted molar refractivity (Wildman–Crippen MR) is 111 cm³/mol. The van der Waals surface area contributed by atoms with E-state index in [4.69, 9.17) is 0 Å². The van der Waals surface area contributed by atoms with Crippen molar-refractivity contribution in [1.82, 2.24) is 25.1 Å². The summed E-state index contributed by atoms with van der Waals surface area (Å²) in [5, 5.41) is 10.1. The Morgan fingerprint density at radius 2 is 1.96 bits per heavy atom. The lowest BCUT2D eigenvalue weighted by molar-refractivity contribution is -0.114. The van der Waals surface area contributed by atoms with Crippen LogP contribution in [0.5, 0.6) is 0 Å². The smallest absolute Gasteiger partial charge is 0.269 e. The molecule has 1 aromatic carbocycles. The molecule has 28 heavy (non-hydrogen) atoms. The third-order valence-electron chi connectivity index (χ3n) is 4.14. The normalized spacial score (nSPS) is 13.0. The Bertz CT molecular complexity index is 1090. The van der Waals surface area contributed by atoms with Gasteiger partial charge in [-0.05, 0) is 56.1 Å². The van der Waals surface area contributed by atoms with Crippen LogP contribution in [0.15, 0.2) is 39.4 Å². The van der Waals surface area contributed by atoms with Gasteiger partial charge in [0.25, 0.3) is 5.91 Å². The topological polar surface area (TPSA) is 102 Å². The first-order valence-corrected chi connectivity index (χ1v) is 9.97. The molecule has 0 spiro atoms. The maximum Gasteiger partial charge on any atom is 0.269 e. The second-order valence-electron chi connectivity index (χ2n) is 6.16. The van der Waals surface area contributed by atoms with Crippen molar-refractivity contribution < 1.29 is 9.59 Å². The molecule has 8 nitrogen and oxygen atoms in total. The predicted octanol–water partition coefficient (Wildman–Crippen LogP) is 3.23. The van der Waals surface area contributed by atoms with Gasteiger partial charge >= 0.3 is 0 Å². The molecule has 0 radical (unpaired) electrons. The summed E-state index contributed by atoms with van der Waals surface area (Å²) < 4.78 is 3.09. The van der Waals surface area contributed by atoms with Gasteiger partial charge in [-0.15, -0.1) is 0 Å². The van der Waals surface area contributed by atoms with Crippen LogP contribution in [0.1, 0.15) is 17.4 Å². The maximum absolute atomic E-state index is 12.0. The summed E-state index contributed by atoms with van der Waals surface area (Å²) in [5.74, 6) is 0.199. The molecule has 2 amide bonds. The lowest BCUT2D eigenvalue weighted by Gasteiger charge is -2.13. The van der Waals surface area contributed by atoms with Crippen molar-refractivity contribution in [3.63, 3.8) is 0 Å². The van der Waals surface area contributed by atoms with Gasteiger partial charge in [0.1, 0.15) is 11.4 Å². The number of rotatable bonds is 3. The summed E-state index contributed by atoms with van der Waals surface area (Å²) in [7, 11) is 0. The lowest BCUT2D eigenvalue weighted by atomic mass is 10.1. The molecule has 2 aromatic heterocycles. The van der Waals surface area contributed by atoms with Gasteiger partial charge in [-0.25, -0.2) is 9.97 Å². The zero-order chi connectivity index (χ0) is 19.8. The van der Waals surface area contributed by atoms with Crippen LogP contribution >= 0.6 is 31.9 Å². The Kier molecular flexibility index (Phi) is 4.98. The van der Waals surface area contributed by atoms with E-state index in [9.17, 15) is 9.59 Å². The monoisotopic (exact) mass is 504 g/mol. The van der Waals surface area contributed by atoms with E-state index in [1.54, 1.807) is 23.0 Å². The first-order chi connectivity index (χ1) is 13.4. The number of hydrogen-bond donors (Lipinski definition) is 2. The Labute approximate surface area is 177 Å². The fourth-order valence-electron chi connectivity index (χ4n) is 2.90. The van der Waals surface area contributed by atoms with E-state index in [1.165, 1.54) is 6.92 Å². The molecule has 0 atom stereocenters. The van der Waals surface area contributed by atoms with Crippen LogP contribution in [0.4, 0.5) is 5.69 Å². The zero-order valence-corrected chi connectivity index (χ0v) is 17.8. The third-order valence-corrected chi connectivity index (χ3v) is 5.39. The van der Waals surface area contributed by atoms with Crippen molar-refractivity contribution in [2.45, 2.75) is 13.5 Å². The molecule has 0 saturated heterocycles. The van der Waals surface area contributed by atoms with E-state index in [0.29, 0.717) is 50.6 Å². The Morgan fingerprint density at radius 3 is 2.64 bits per heavy atom. The standard InChI is InChI=1S/C18H14Br2N6O2/c1-9(27)23-16-11(19)6-10(7-12(16)20)17-21-3-2-13(24-17)14-8-15-18(28)22-4-5-26(15)25-14/h2-3,6-8H,4-5H2,1H3,(H,22,28)(H,23,27). The number of fused-ring (bicyclic) bond motifs is 1. The number of carbonyl (C=O) groups is 2. The highest BCUT2D eigenvalue weighted by molar-refractivity contribution is 9.11. The number of benzene rings is 1. The largest absolute Gasteiger partial charge is 0.349 e. The molecule has 0 saturated carbocycles. The van der Waals surface area contributed by atoms with E-state index < -0.39 is 0 Å². The second kappa shape index (κ2) is 7.44. The number of anilines is 1. The van der Waals surface area contributed by atoms with Crippen molar-refractivity contribution in [3.05, 3.63) is 45.1 Å². The fourth-order valence-corrected chi connectivity index (χ4v) is 4.28. The molecular weight excluding hydrogens is 492 g/mol. The molecule has 0 unspecified atom stereocenters. The number of aromatic nitrogens is 4. The van der Waals surface area contributed by atoms with Crippen LogP contribution in [0.2, 0.25) is 0 Å². The second-order valence-corrected chi connectivity index (χ2v) is 7.86. The third kappa shape index (κ3) is 3.57. The van der Waals surface area contributed by atoms with E-state index in [1.807, 2.05) is 12.1 Å². The van der Waals surface area contributed by atoms with E-state index in [2.05, 4.69) is 57.6 Å². The van der Waals surface area contributed by atoms with Gasteiger partial charge in [0, 0.05) is 34.2 Å². The van der Waals surface area contributed by atoms with Crippen molar-refractivity contribution in [1.29, 1.82) is 0 Å². The van der Waals surface area contributed by atoms with E-state index in [-0.39, 0.29) is 11.8 Å². The van der Waals surface area contributed by atoms with Gasteiger partial charge in [0.05, 0.1) is 17.9 Å². The summed E-state index contributed by atoms with van der Waals surface area (Å²) in [6.45, 7) is 2.64. The molecule has 10 heteroatoms. The van der Waals surface area contributed by atoms with Crippen LogP contribution in [0, 0.1) is 0 Å². The van der Waals surface area contributed by atoms with Crippen molar-refractivity contribution in [2.24, 2.45) is 0 Å². The summed E-state index contributed by atoms with van der Waals surface area (Å²) in [4.78, 5) is 32.3. The van der Waals surface area contributed by atoms with Crippen LogP contribution in [-0.4, -0.2) is 38.1 Å². The molecule has 0 bridgehead atoms. The first kappa shape index (κ1) is 18.8. The minimum atomic E-state index is -0.166. The van der Waals surface area contributed by atoms with Gasteiger partial charge in [-0.1, -0.05) is 0 Å². The van der Waals surface area contributed by atoms with Crippen molar-refractivity contribution in [3.8, 4) is 22.8 Å². The van der Waals surface area contributed by atoms with Gasteiger partial charge in [-0.3, -0.25) is 14.3 Å². The number of amides is 2. The highest BCUT2D eigenvalue weighted by atomic mass is 79.9. The number of carbonyl (C=O) groups excluding carboxylic acids is 2. The van der Waals surface area contributed by atoms with Crippen LogP contribution < -0.4 is 10.6 Å². The highest BCUT2D eigenvalue weighted by Crippen LogP contribution is 2.35. The average molecular weight is 506 g/mol. The molecule has 4 rings (SSSR count). The summed E-state index contributed by atoms with van der Waals surface area (Å²) >= 11 is 6.94. The number of nitrogens with zero attached hydrogens (tertiary/aromatic N) is 4. The Morgan fingerprint density at radius 1 is 1.21 bits per heavy atom. The number of halogens is 2. The molecular formula is C18H14Br2N6O2. The summed E-state index contributed by atoms with van der Waals surface area (Å²) in [6, 6.07) is 7.15. The van der Waals surface area contributed by atoms with Crippen LogP contribution in [0.3, 0.4) is 0 Å². The SMILES string of the molecule is CC(=O)Nc1c(Br)cc(-c2nccc(-c3cc4n(n3)CCNC4=O)n2)cc1Br. The summed E-state index contributed by atoms with van der Waals surface area (Å²) in [6.07, 6.45) is 1.65. The summed E-state index contributed by atoms with van der Waals surface area (Å²) in [5.41, 5.74) is 3.16. The number of nitrogens with one attached hydrogen (secondary N) is 2. The molecule has 2 N–H and O–H groups in total. The fraction of sp³-hybridized carbons (Fsp3) is 0.167. The highest BCUT2D eigenvalue weighted by Gasteiger charge is 2.20. The Hall–Kier alpha value is -2.59. The molecule has 142 valence electrons. The van der Waals surface area contributed by atoms with Gasteiger partial charge in [0.2, 0.25) is 5.91 Å². The molecule has 0 fully saturated rings. The number of hydrogen-bond acceptors (Lipinski definition) is 5. The van der Waals surface area contributed by atoms with Gasteiger partial charge < -0.3 is 10.6 Å². The lowest BCUT2D eigenvalue weighted by Crippen LogP contribution is -2.35. The molecule has 3 heterocycles. The van der Waals surface area contributed by atoms with Crippen LogP contribution in [-0.2, 0) is 11.3 Å². The quantitative estimate of drug-likeness (QED) is 0.569. The van der Waals surface area contributed by atoms with E-state index in [0.717, 1.165) is 5.56 Å². The van der Waals surface area contributed by atoms with Crippen molar-refractivity contribution in [2.75, 3.05) is 11.9 Å². The minimum Gasteiger partial charge on any atom is -0.349 e. The molecule has 1 aliphatic rings.